The molecule has 1 saturated carbocycles. The Morgan fingerprint density at radius 3 is 2.61 bits per heavy atom. The summed E-state index contributed by atoms with van der Waals surface area (Å²) in [7, 11) is -4.09. The van der Waals surface area contributed by atoms with Crippen molar-refractivity contribution >= 4 is 39.7 Å². The van der Waals surface area contributed by atoms with Gasteiger partial charge in [-0.3, -0.25) is 10.1 Å². The topological polar surface area (TPSA) is 115 Å². The highest BCUT2D eigenvalue weighted by Gasteiger charge is 2.33. The molecule has 1 aromatic rings. The zero-order valence-corrected chi connectivity index (χ0v) is 14.7. The van der Waals surface area contributed by atoms with E-state index in [2.05, 4.69) is 4.72 Å². The standard InChI is InChI=1S/C13H18ClN3O4S.ClH/c14-10-5-3-7-12(17(18)19)13(10)22(20,21)16-11-6-2-1-4-9(11)8-15;/h3,5,7,9,11,16H,1-2,4,6,8,15H2;1H. The van der Waals surface area contributed by atoms with Crippen molar-refractivity contribution in [3.8, 4) is 0 Å². The summed E-state index contributed by atoms with van der Waals surface area (Å²) in [5.74, 6) is 0.0325. The summed E-state index contributed by atoms with van der Waals surface area (Å²) >= 11 is 5.90. The first-order valence-electron chi connectivity index (χ1n) is 7.02. The molecule has 0 aliphatic heterocycles. The largest absolute Gasteiger partial charge is 0.330 e. The maximum Gasteiger partial charge on any atom is 0.290 e. The van der Waals surface area contributed by atoms with Crippen LogP contribution in [0.4, 0.5) is 5.69 Å². The highest BCUT2D eigenvalue weighted by atomic mass is 35.5. The van der Waals surface area contributed by atoms with Crippen molar-refractivity contribution < 1.29 is 13.3 Å². The fraction of sp³-hybridized carbons (Fsp3) is 0.538. The molecule has 2 unspecified atom stereocenters. The molecular formula is C13H19Cl2N3O4S. The lowest BCUT2D eigenvalue weighted by atomic mass is 9.85. The molecular weight excluding hydrogens is 365 g/mol. The van der Waals surface area contributed by atoms with E-state index in [0.29, 0.717) is 13.0 Å². The molecule has 0 spiro atoms. The summed E-state index contributed by atoms with van der Waals surface area (Å²) in [6.07, 6.45) is 3.41. The van der Waals surface area contributed by atoms with Gasteiger partial charge in [-0.05, 0) is 31.4 Å². The van der Waals surface area contributed by atoms with E-state index in [1.807, 2.05) is 0 Å². The molecule has 130 valence electrons. The Bertz CT molecular complexity index is 669. The molecule has 2 atom stereocenters. The Morgan fingerprint density at radius 1 is 1.35 bits per heavy atom. The molecule has 23 heavy (non-hydrogen) atoms. The number of sulfonamides is 1. The third-order valence-corrected chi connectivity index (χ3v) is 5.94. The first-order chi connectivity index (χ1) is 10.4. The number of rotatable bonds is 5. The minimum absolute atomic E-state index is 0. The van der Waals surface area contributed by atoms with Crippen LogP contribution in [0.15, 0.2) is 23.1 Å². The summed E-state index contributed by atoms with van der Waals surface area (Å²) in [6.45, 7) is 0.373. The molecule has 1 fully saturated rings. The third kappa shape index (κ3) is 4.54. The van der Waals surface area contributed by atoms with E-state index < -0.39 is 25.5 Å². The van der Waals surface area contributed by atoms with Crippen LogP contribution in [-0.2, 0) is 10.0 Å². The third-order valence-electron chi connectivity index (χ3n) is 3.93. The molecule has 1 aromatic carbocycles. The van der Waals surface area contributed by atoms with E-state index in [-0.39, 0.29) is 29.4 Å². The molecule has 2 rings (SSSR count). The van der Waals surface area contributed by atoms with E-state index in [1.54, 1.807) is 0 Å². The van der Waals surface area contributed by atoms with Crippen molar-refractivity contribution in [2.75, 3.05) is 6.54 Å². The maximum absolute atomic E-state index is 12.6. The molecule has 0 saturated heterocycles. The van der Waals surface area contributed by atoms with Gasteiger partial charge in [0, 0.05) is 12.1 Å². The predicted molar refractivity (Wildman–Crippen MR) is 90.5 cm³/mol. The highest BCUT2D eigenvalue weighted by Crippen LogP contribution is 2.32. The summed E-state index contributed by atoms with van der Waals surface area (Å²) in [5, 5.41) is 10.9. The van der Waals surface area contributed by atoms with Crippen LogP contribution < -0.4 is 10.5 Å². The van der Waals surface area contributed by atoms with Gasteiger partial charge in [0.1, 0.15) is 0 Å². The summed E-state index contributed by atoms with van der Waals surface area (Å²) in [6, 6.07) is 3.48. The van der Waals surface area contributed by atoms with Crippen molar-refractivity contribution in [1.29, 1.82) is 0 Å². The van der Waals surface area contributed by atoms with Crippen LogP contribution in [0.2, 0.25) is 5.02 Å². The number of nitrogens with one attached hydrogen (secondary N) is 1. The minimum Gasteiger partial charge on any atom is -0.330 e. The van der Waals surface area contributed by atoms with Crippen LogP contribution in [0.3, 0.4) is 0 Å². The van der Waals surface area contributed by atoms with E-state index in [9.17, 15) is 18.5 Å². The second kappa shape index (κ2) is 8.25. The van der Waals surface area contributed by atoms with Crippen molar-refractivity contribution in [2.24, 2.45) is 11.7 Å². The fourth-order valence-electron chi connectivity index (χ4n) is 2.81. The van der Waals surface area contributed by atoms with Crippen LogP contribution in [-0.4, -0.2) is 25.9 Å². The van der Waals surface area contributed by atoms with E-state index >= 15 is 0 Å². The number of nitro groups is 1. The fourth-order valence-corrected chi connectivity index (χ4v) is 4.85. The van der Waals surface area contributed by atoms with Crippen LogP contribution in [0, 0.1) is 16.0 Å². The lowest BCUT2D eigenvalue weighted by Crippen LogP contribution is -2.44. The van der Waals surface area contributed by atoms with Gasteiger partial charge in [0.15, 0.2) is 4.90 Å². The molecule has 0 bridgehead atoms. The molecule has 0 aromatic heterocycles. The van der Waals surface area contributed by atoms with Crippen LogP contribution in [0.25, 0.3) is 0 Å². The molecule has 0 heterocycles. The number of hydrogen-bond donors (Lipinski definition) is 2. The van der Waals surface area contributed by atoms with Crippen LogP contribution in [0.1, 0.15) is 25.7 Å². The summed E-state index contributed by atoms with van der Waals surface area (Å²) in [4.78, 5) is 9.84. The Morgan fingerprint density at radius 2 is 2.00 bits per heavy atom. The zero-order valence-electron chi connectivity index (χ0n) is 12.3. The van der Waals surface area contributed by atoms with Crippen molar-refractivity contribution in [3.63, 3.8) is 0 Å². The Labute approximate surface area is 146 Å². The van der Waals surface area contributed by atoms with Crippen molar-refractivity contribution in [1.82, 2.24) is 4.72 Å². The number of halogens is 2. The Kier molecular flexibility index (Phi) is 7.22. The van der Waals surface area contributed by atoms with Gasteiger partial charge in [-0.15, -0.1) is 12.4 Å². The molecule has 0 amide bonds. The highest BCUT2D eigenvalue weighted by molar-refractivity contribution is 7.89. The molecule has 7 nitrogen and oxygen atoms in total. The first kappa shape index (κ1) is 20.1. The average molecular weight is 384 g/mol. The molecule has 3 N–H and O–H groups in total. The predicted octanol–water partition coefficient (Wildman–Crippen LogP) is 2.47. The molecule has 1 aliphatic rings. The number of nitro benzene ring substituents is 1. The quantitative estimate of drug-likeness (QED) is 0.598. The second-order valence-electron chi connectivity index (χ2n) is 5.35. The molecule has 1 aliphatic carbocycles. The van der Waals surface area contributed by atoms with Gasteiger partial charge < -0.3 is 5.73 Å². The number of nitrogens with zero attached hydrogens (tertiary/aromatic N) is 1. The monoisotopic (exact) mass is 383 g/mol. The van der Waals surface area contributed by atoms with Gasteiger partial charge >= 0.3 is 0 Å². The number of nitrogens with two attached hydrogens (primary N) is 1. The smallest absolute Gasteiger partial charge is 0.290 e. The van der Waals surface area contributed by atoms with Crippen molar-refractivity contribution in [2.45, 2.75) is 36.6 Å². The molecule has 10 heteroatoms. The van der Waals surface area contributed by atoms with Gasteiger partial charge in [-0.1, -0.05) is 30.5 Å². The van der Waals surface area contributed by atoms with Gasteiger partial charge in [-0.2, -0.15) is 0 Å². The minimum atomic E-state index is -4.09. The Balaban J connectivity index is 0.00000264. The van der Waals surface area contributed by atoms with Crippen LogP contribution in [0.5, 0.6) is 0 Å². The van der Waals surface area contributed by atoms with Gasteiger partial charge in [0.25, 0.3) is 5.69 Å². The van der Waals surface area contributed by atoms with Gasteiger partial charge in [0.2, 0.25) is 10.0 Å². The van der Waals surface area contributed by atoms with Crippen molar-refractivity contribution in [3.05, 3.63) is 33.3 Å². The van der Waals surface area contributed by atoms with Gasteiger partial charge in [-0.25, -0.2) is 13.1 Å². The Hall–Kier alpha value is -0.930. The number of benzene rings is 1. The van der Waals surface area contributed by atoms with Crippen LogP contribution >= 0.6 is 24.0 Å². The normalized spacial score (nSPS) is 21.5. The van der Waals surface area contributed by atoms with Gasteiger partial charge in [0.05, 0.1) is 9.95 Å². The molecule has 0 radical (unpaired) electrons. The van der Waals surface area contributed by atoms with E-state index in [4.69, 9.17) is 17.3 Å². The van der Waals surface area contributed by atoms with E-state index in [1.165, 1.54) is 12.1 Å². The second-order valence-corrected chi connectivity index (χ2v) is 7.41. The summed E-state index contributed by atoms with van der Waals surface area (Å²) < 4.78 is 27.7. The lowest BCUT2D eigenvalue weighted by molar-refractivity contribution is -0.387. The average Bonchev–Trinajstić information content (AvgIpc) is 2.46. The number of hydrogen-bond acceptors (Lipinski definition) is 5. The lowest BCUT2D eigenvalue weighted by Gasteiger charge is -2.31. The van der Waals surface area contributed by atoms with E-state index in [0.717, 1.165) is 25.3 Å². The maximum atomic E-state index is 12.6. The first-order valence-corrected chi connectivity index (χ1v) is 8.88. The summed E-state index contributed by atoms with van der Waals surface area (Å²) in [5.41, 5.74) is 5.16. The zero-order chi connectivity index (χ0) is 16.3. The SMILES string of the molecule is Cl.NCC1CCCCC1NS(=O)(=O)c1c(Cl)cccc1[N+](=O)[O-].